The Labute approximate surface area is 153 Å². The summed E-state index contributed by atoms with van der Waals surface area (Å²) in [6.45, 7) is -0.241. The quantitative estimate of drug-likeness (QED) is 0.369. The van der Waals surface area contributed by atoms with Gasteiger partial charge in [0.1, 0.15) is 11.5 Å². The highest BCUT2D eigenvalue weighted by atomic mass is 35.5. The van der Waals surface area contributed by atoms with Gasteiger partial charge >= 0.3 is 0 Å². The summed E-state index contributed by atoms with van der Waals surface area (Å²) >= 11 is 11.9. The van der Waals surface area contributed by atoms with E-state index in [1.165, 1.54) is 6.07 Å². The maximum Gasteiger partial charge on any atom is 0.271 e. The van der Waals surface area contributed by atoms with Crippen LogP contribution in [-0.2, 0) is 4.79 Å². The second-order valence-electron chi connectivity index (χ2n) is 5.13. The van der Waals surface area contributed by atoms with Gasteiger partial charge in [-0.3, -0.25) is 15.0 Å². The van der Waals surface area contributed by atoms with Crippen molar-refractivity contribution in [3.05, 3.63) is 63.3 Å². The van der Waals surface area contributed by atoms with Gasteiger partial charge in [-0.15, -0.1) is 0 Å². The molecule has 6 nitrogen and oxygen atoms in total. The van der Waals surface area contributed by atoms with Crippen LogP contribution < -0.4 is 20.7 Å². The van der Waals surface area contributed by atoms with E-state index in [-0.39, 0.29) is 18.1 Å². The predicted octanol–water partition coefficient (Wildman–Crippen LogP) is 2.98. The van der Waals surface area contributed by atoms with Crippen LogP contribution in [0.2, 0.25) is 10.0 Å². The Hall–Kier alpha value is -2.54. The zero-order valence-corrected chi connectivity index (χ0v) is 14.2. The fourth-order valence-corrected chi connectivity index (χ4v) is 2.51. The van der Waals surface area contributed by atoms with Gasteiger partial charge in [-0.1, -0.05) is 29.3 Å². The van der Waals surface area contributed by atoms with E-state index < -0.39 is 5.91 Å². The van der Waals surface area contributed by atoms with Crippen LogP contribution in [0.3, 0.4) is 0 Å². The molecular weight excluding hydrogens is 367 g/mol. The van der Waals surface area contributed by atoms with E-state index in [1.54, 1.807) is 36.4 Å². The Morgan fingerprint density at radius 2 is 2.00 bits per heavy atom. The number of hydrazine groups is 1. The van der Waals surface area contributed by atoms with Gasteiger partial charge in [-0.25, -0.2) is 5.84 Å². The molecule has 0 bridgehead atoms. The third-order valence-corrected chi connectivity index (χ3v) is 4.15. The maximum atomic E-state index is 12.4. The number of ketones is 1. The van der Waals surface area contributed by atoms with Gasteiger partial charge in [0.25, 0.3) is 5.91 Å². The molecule has 2 aromatic carbocycles. The fraction of sp³-hybridized carbons (Fsp3) is 0.0588. The fourth-order valence-electron chi connectivity index (χ4n) is 2.20. The van der Waals surface area contributed by atoms with E-state index in [1.807, 2.05) is 5.43 Å². The van der Waals surface area contributed by atoms with Gasteiger partial charge in [0.2, 0.25) is 5.78 Å². The highest BCUT2D eigenvalue weighted by Gasteiger charge is 2.27. The third kappa shape index (κ3) is 3.76. The number of nitrogens with one attached hydrogen (secondary N) is 1. The summed E-state index contributed by atoms with van der Waals surface area (Å²) in [5.41, 5.74) is 3.05. The van der Waals surface area contributed by atoms with E-state index in [4.69, 9.17) is 38.5 Å². The number of carbonyl (C=O) groups excluding carboxylic acids is 2. The lowest BCUT2D eigenvalue weighted by atomic mass is 10.1. The summed E-state index contributed by atoms with van der Waals surface area (Å²) in [7, 11) is 0. The van der Waals surface area contributed by atoms with E-state index in [0.717, 1.165) is 0 Å². The van der Waals surface area contributed by atoms with Crippen LogP contribution in [-0.4, -0.2) is 18.3 Å². The molecule has 0 fully saturated rings. The molecular formula is C17H12Cl2N2O4. The summed E-state index contributed by atoms with van der Waals surface area (Å²) in [4.78, 5) is 23.5. The summed E-state index contributed by atoms with van der Waals surface area (Å²) < 4.78 is 10.9. The smallest absolute Gasteiger partial charge is 0.271 e. The molecule has 3 rings (SSSR count). The standard InChI is InChI=1S/C17H12Cl2N2O4/c18-12-4-1-9(5-13(12)19)6-15-17(23)11-3-2-10(7-14(11)25-15)24-8-16(22)21-20/h1-7H,8,20H2,(H,21,22). The van der Waals surface area contributed by atoms with Crippen molar-refractivity contribution in [1.82, 2.24) is 5.43 Å². The molecule has 2 aromatic rings. The minimum atomic E-state index is -0.474. The van der Waals surface area contributed by atoms with Crippen molar-refractivity contribution in [2.45, 2.75) is 0 Å². The average Bonchev–Trinajstić information content (AvgIpc) is 2.91. The molecule has 25 heavy (non-hydrogen) atoms. The van der Waals surface area contributed by atoms with E-state index in [9.17, 15) is 9.59 Å². The SMILES string of the molecule is NNC(=O)COc1ccc2c(c1)OC(=Cc1ccc(Cl)c(Cl)c1)C2=O. The Morgan fingerprint density at radius 1 is 1.20 bits per heavy atom. The van der Waals surface area contributed by atoms with Crippen LogP contribution >= 0.6 is 23.2 Å². The average molecular weight is 379 g/mol. The van der Waals surface area contributed by atoms with Gasteiger partial charge in [0.15, 0.2) is 12.4 Å². The first-order chi connectivity index (χ1) is 12.0. The molecule has 0 saturated carbocycles. The molecule has 8 heteroatoms. The third-order valence-electron chi connectivity index (χ3n) is 3.41. The molecule has 1 aliphatic rings. The Kier molecular flexibility index (Phi) is 4.94. The summed E-state index contributed by atoms with van der Waals surface area (Å²) in [6.07, 6.45) is 1.58. The molecule has 128 valence electrons. The number of ether oxygens (including phenoxy) is 2. The number of allylic oxidation sites excluding steroid dienone is 1. The molecule has 1 aliphatic heterocycles. The lowest BCUT2D eigenvalue weighted by Crippen LogP contribution is -2.34. The molecule has 0 atom stereocenters. The number of amides is 1. The van der Waals surface area contributed by atoms with Gasteiger partial charge in [0.05, 0.1) is 15.6 Å². The Morgan fingerprint density at radius 3 is 2.72 bits per heavy atom. The molecule has 3 N–H and O–H groups in total. The van der Waals surface area contributed by atoms with E-state index >= 15 is 0 Å². The van der Waals surface area contributed by atoms with Crippen LogP contribution in [0.1, 0.15) is 15.9 Å². The first kappa shape index (κ1) is 17.3. The monoisotopic (exact) mass is 378 g/mol. The van der Waals surface area contributed by atoms with E-state index in [2.05, 4.69) is 0 Å². The van der Waals surface area contributed by atoms with Crippen LogP contribution in [0, 0.1) is 0 Å². The predicted molar refractivity (Wildman–Crippen MR) is 93.7 cm³/mol. The topological polar surface area (TPSA) is 90.7 Å². The van der Waals surface area contributed by atoms with Crippen molar-refractivity contribution in [2.24, 2.45) is 5.84 Å². The van der Waals surface area contributed by atoms with Crippen molar-refractivity contribution in [2.75, 3.05) is 6.61 Å². The molecule has 0 aromatic heterocycles. The zero-order valence-electron chi connectivity index (χ0n) is 12.7. The number of hydrogen-bond acceptors (Lipinski definition) is 5. The lowest BCUT2D eigenvalue weighted by molar-refractivity contribution is -0.123. The molecule has 0 radical (unpaired) electrons. The Balaban J connectivity index is 1.81. The van der Waals surface area contributed by atoms with Crippen molar-refractivity contribution in [1.29, 1.82) is 0 Å². The number of fused-ring (bicyclic) bond motifs is 1. The maximum absolute atomic E-state index is 12.4. The highest BCUT2D eigenvalue weighted by Crippen LogP contribution is 2.35. The van der Waals surface area contributed by atoms with Gasteiger partial charge in [0, 0.05) is 6.07 Å². The first-order valence-electron chi connectivity index (χ1n) is 7.13. The number of nitrogens with two attached hydrogens (primary N) is 1. The first-order valence-corrected chi connectivity index (χ1v) is 7.89. The number of Topliss-reactive ketones (excluding diaryl/α,β-unsaturated/α-hetero) is 1. The van der Waals surface area contributed by atoms with Crippen LogP contribution in [0.4, 0.5) is 0 Å². The van der Waals surface area contributed by atoms with Crippen molar-refractivity contribution in [3.63, 3.8) is 0 Å². The number of rotatable bonds is 4. The number of carbonyl (C=O) groups is 2. The number of halogens is 2. The second-order valence-corrected chi connectivity index (χ2v) is 5.94. The summed E-state index contributed by atoms with van der Waals surface area (Å²) in [5, 5.41) is 0.807. The highest BCUT2D eigenvalue weighted by molar-refractivity contribution is 6.42. The summed E-state index contributed by atoms with van der Waals surface area (Å²) in [6, 6.07) is 9.68. The molecule has 0 saturated heterocycles. The second kappa shape index (κ2) is 7.14. The van der Waals surface area contributed by atoms with Crippen LogP contribution in [0.25, 0.3) is 6.08 Å². The van der Waals surface area contributed by atoms with Crippen molar-refractivity contribution in [3.8, 4) is 11.5 Å². The molecule has 0 unspecified atom stereocenters. The van der Waals surface area contributed by atoms with Crippen molar-refractivity contribution < 1.29 is 19.1 Å². The molecule has 1 heterocycles. The van der Waals surface area contributed by atoms with Crippen molar-refractivity contribution >= 4 is 41.0 Å². The molecule has 0 spiro atoms. The van der Waals surface area contributed by atoms with Gasteiger partial charge < -0.3 is 9.47 Å². The van der Waals surface area contributed by atoms with Gasteiger partial charge in [-0.05, 0) is 35.9 Å². The zero-order chi connectivity index (χ0) is 18.0. The van der Waals surface area contributed by atoms with E-state index in [0.29, 0.717) is 32.7 Å². The normalized spacial score (nSPS) is 14.2. The molecule has 0 aliphatic carbocycles. The van der Waals surface area contributed by atoms with Gasteiger partial charge in [-0.2, -0.15) is 0 Å². The number of hydrogen-bond donors (Lipinski definition) is 2. The minimum Gasteiger partial charge on any atom is -0.484 e. The minimum absolute atomic E-state index is 0.158. The number of benzene rings is 2. The Bertz CT molecular complexity index is 896. The van der Waals surface area contributed by atoms with Crippen LogP contribution in [0.15, 0.2) is 42.2 Å². The largest absolute Gasteiger partial charge is 0.484 e. The van der Waals surface area contributed by atoms with Crippen LogP contribution in [0.5, 0.6) is 11.5 Å². The summed E-state index contributed by atoms with van der Waals surface area (Å²) in [5.74, 6) is 5.14. The molecule has 1 amide bonds. The lowest BCUT2D eigenvalue weighted by Gasteiger charge is -2.06.